The maximum atomic E-state index is 5.43. The largest absolute Gasteiger partial charge is 0.383 e. The van der Waals surface area contributed by atoms with Gasteiger partial charge in [-0.25, -0.2) is 0 Å². The third kappa shape index (κ3) is 2.65. The minimum Gasteiger partial charge on any atom is -0.383 e. The maximum absolute atomic E-state index is 5.43. The van der Waals surface area contributed by atoms with Crippen LogP contribution in [0, 0.1) is 0 Å². The molecule has 0 saturated carbocycles. The van der Waals surface area contributed by atoms with Crippen LogP contribution in [0.1, 0.15) is 6.92 Å². The Balaban J connectivity index is 2.08. The first-order chi connectivity index (χ1) is 5.33. The number of nitrogens with one attached hydrogen (secondary N) is 2. The van der Waals surface area contributed by atoms with Crippen LogP contribution >= 0.6 is 0 Å². The minimum atomic E-state index is 0.626. The van der Waals surface area contributed by atoms with Gasteiger partial charge in [-0.2, -0.15) is 0 Å². The van der Waals surface area contributed by atoms with Crippen molar-refractivity contribution in [3.05, 3.63) is 12.0 Å². The molecule has 0 spiro atoms. The normalized spacial score (nSPS) is 16.5. The highest BCUT2D eigenvalue weighted by atomic mass is 16.5. The molecule has 64 valence electrons. The van der Waals surface area contributed by atoms with Gasteiger partial charge < -0.3 is 10.5 Å². The smallest absolute Gasteiger partial charge is 0.130 e. The van der Waals surface area contributed by atoms with Crippen molar-refractivity contribution in [2.45, 2.75) is 6.92 Å². The molecular formula is C6H14N4O. The summed E-state index contributed by atoms with van der Waals surface area (Å²) in [6.07, 6.45) is 1.79. The molecule has 0 aromatic rings. The molecule has 0 saturated heterocycles. The van der Waals surface area contributed by atoms with Crippen LogP contribution in [-0.4, -0.2) is 24.8 Å². The maximum Gasteiger partial charge on any atom is 0.130 e. The second-order valence-electron chi connectivity index (χ2n) is 2.21. The minimum absolute atomic E-state index is 0.626. The Morgan fingerprint density at radius 3 is 3.09 bits per heavy atom. The third-order valence-electron chi connectivity index (χ3n) is 1.32. The molecule has 0 aliphatic carbocycles. The fourth-order valence-electron chi connectivity index (χ4n) is 0.796. The van der Waals surface area contributed by atoms with Gasteiger partial charge in [-0.15, -0.1) is 5.53 Å². The molecule has 0 fully saturated rings. The molecule has 5 heteroatoms. The molecule has 5 nitrogen and oxygen atoms in total. The molecule has 0 amide bonds. The zero-order valence-corrected chi connectivity index (χ0v) is 6.63. The van der Waals surface area contributed by atoms with Gasteiger partial charge in [0.2, 0.25) is 0 Å². The SMILES string of the molecule is CCOCCN1C=C(N)NN1. The lowest BCUT2D eigenvalue weighted by Crippen LogP contribution is -2.39. The van der Waals surface area contributed by atoms with Crippen molar-refractivity contribution in [1.82, 2.24) is 16.0 Å². The Labute approximate surface area is 66.1 Å². The van der Waals surface area contributed by atoms with E-state index in [4.69, 9.17) is 10.5 Å². The van der Waals surface area contributed by atoms with E-state index >= 15 is 0 Å². The van der Waals surface area contributed by atoms with E-state index in [-0.39, 0.29) is 0 Å². The number of rotatable bonds is 4. The number of hydrogen-bond acceptors (Lipinski definition) is 5. The fraction of sp³-hybridized carbons (Fsp3) is 0.667. The van der Waals surface area contributed by atoms with Crippen molar-refractivity contribution in [3.63, 3.8) is 0 Å². The van der Waals surface area contributed by atoms with Crippen LogP contribution in [0.4, 0.5) is 0 Å². The Morgan fingerprint density at radius 1 is 1.73 bits per heavy atom. The molecule has 1 heterocycles. The number of nitrogens with two attached hydrogens (primary N) is 1. The van der Waals surface area contributed by atoms with Crippen LogP contribution in [0.5, 0.6) is 0 Å². The van der Waals surface area contributed by atoms with Gasteiger partial charge in [0.1, 0.15) is 5.82 Å². The third-order valence-corrected chi connectivity index (χ3v) is 1.32. The van der Waals surface area contributed by atoms with Crippen molar-refractivity contribution < 1.29 is 4.74 Å². The van der Waals surface area contributed by atoms with Gasteiger partial charge >= 0.3 is 0 Å². The van der Waals surface area contributed by atoms with E-state index < -0.39 is 0 Å². The van der Waals surface area contributed by atoms with E-state index in [2.05, 4.69) is 11.0 Å². The summed E-state index contributed by atoms with van der Waals surface area (Å²) < 4.78 is 5.15. The predicted molar refractivity (Wildman–Crippen MR) is 41.7 cm³/mol. The van der Waals surface area contributed by atoms with Gasteiger partial charge in [0.05, 0.1) is 19.4 Å². The summed E-state index contributed by atoms with van der Waals surface area (Å²) in [5, 5.41) is 1.84. The van der Waals surface area contributed by atoms with E-state index in [1.54, 1.807) is 6.20 Å². The van der Waals surface area contributed by atoms with E-state index in [0.717, 1.165) is 13.2 Å². The van der Waals surface area contributed by atoms with Gasteiger partial charge in [0.25, 0.3) is 0 Å². The average molecular weight is 158 g/mol. The first-order valence-corrected chi connectivity index (χ1v) is 3.66. The van der Waals surface area contributed by atoms with Gasteiger partial charge in [0.15, 0.2) is 0 Å². The molecule has 0 aromatic heterocycles. The average Bonchev–Trinajstić information content (AvgIpc) is 2.37. The van der Waals surface area contributed by atoms with E-state index in [0.29, 0.717) is 12.4 Å². The summed E-state index contributed by atoms with van der Waals surface area (Å²) in [5.74, 6) is 0.626. The quantitative estimate of drug-likeness (QED) is 0.463. The van der Waals surface area contributed by atoms with Gasteiger partial charge in [-0.3, -0.25) is 10.4 Å². The predicted octanol–water partition coefficient (Wildman–Crippen LogP) is -0.895. The van der Waals surface area contributed by atoms with Crippen molar-refractivity contribution in [3.8, 4) is 0 Å². The second kappa shape index (κ2) is 4.05. The molecule has 0 aromatic carbocycles. The number of hydrogen-bond donors (Lipinski definition) is 3. The zero-order chi connectivity index (χ0) is 8.10. The first kappa shape index (κ1) is 8.16. The molecule has 0 bridgehead atoms. The van der Waals surface area contributed by atoms with Crippen LogP contribution < -0.4 is 16.7 Å². The molecule has 0 unspecified atom stereocenters. The van der Waals surface area contributed by atoms with Gasteiger partial charge in [-0.05, 0) is 6.92 Å². The van der Waals surface area contributed by atoms with Gasteiger partial charge in [-0.1, -0.05) is 0 Å². The second-order valence-corrected chi connectivity index (χ2v) is 2.21. The van der Waals surface area contributed by atoms with Crippen molar-refractivity contribution in [2.75, 3.05) is 19.8 Å². The van der Waals surface area contributed by atoms with Crippen molar-refractivity contribution in [2.24, 2.45) is 5.73 Å². The summed E-state index contributed by atoms with van der Waals surface area (Å²) in [5.41, 5.74) is 11.0. The Kier molecular flexibility index (Phi) is 3.00. The number of nitrogens with zero attached hydrogens (tertiary/aromatic N) is 1. The summed E-state index contributed by atoms with van der Waals surface area (Å²) >= 11 is 0. The first-order valence-electron chi connectivity index (χ1n) is 3.66. The summed E-state index contributed by atoms with van der Waals surface area (Å²) in [6, 6.07) is 0. The van der Waals surface area contributed by atoms with E-state index in [1.165, 1.54) is 0 Å². The summed E-state index contributed by atoms with van der Waals surface area (Å²) in [7, 11) is 0. The highest BCUT2D eigenvalue weighted by Gasteiger charge is 2.05. The summed E-state index contributed by atoms with van der Waals surface area (Å²) in [4.78, 5) is 0. The standard InChI is InChI=1S/C6H14N4O/c1-2-11-4-3-10-5-6(7)8-9-10/h5,8-9H,2-4,7H2,1H3. The molecule has 4 N–H and O–H groups in total. The highest BCUT2D eigenvalue weighted by Crippen LogP contribution is 1.91. The van der Waals surface area contributed by atoms with Crippen LogP contribution in [-0.2, 0) is 4.74 Å². The Morgan fingerprint density at radius 2 is 2.55 bits per heavy atom. The monoisotopic (exact) mass is 158 g/mol. The molecule has 0 radical (unpaired) electrons. The molecule has 1 aliphatic rings. The molecule has 11 heavy (non-hydrogen) atoms. The summed E-state index contributed by atoms with van der Waals surface area (Å²) in [6.45, 7) is 4.22. The molecular weight excluding hydrogens is 144 g/mol. The highest BCUT2D eigenvalue weighted by molar-refractivity contribution is 4.95. The molecule has 0 atom stereocenters. The lowest BCUT2D eigenvalue weighted by atomic mass is 10.6. The van der Waals surface area contributed by atoms with Crippen molar-refractivity contribution >= 4 is 0 Å². The van der Waals surface area contributed by atoms with E-state index in [9.17, 15) is 0 Å². The Hall–Kier alpha value is -0.940. The zero-order valence-electron chi connectivity index (χ0n) is 6.63. The van der Waals surface area contributed by atoms with Crippen LogP contribution in [0.2, 0.25) is 0 Å². The van der Waals surface area contributed by atoms with Crippen LogP contribution in [0.15, 0.2) is 12.0 Å². The number of ether oxygens (including phenoxy) is 1. The Bertz CT molecular complexity index is 148. The number of hydrazine groups is 2. The lowest BCUT2D eigenvalue weighted by molar-refractivity contribution is 0.113. The van der Waals surface area contributed by atoms with E-state index in [1.807, 2.05) is 11.9 Å². The molecule has 1 rings (SSSR count). The van der Waals surface area contributed by atoms with Crippen molar-refractivity contribution in [1.29, 1.82) is 0 Å². The van der Waals surface area contributed by atoms with Crippen LogP contribution in [0.25, 0.3) is 0 Å². The fourth-order valence-corrected chi connectivity index (χ4v) is 0.796. The lowest BCUT2D eigenvalue weighted by Gasteiger charge is -2.13. The topological polar surface area (TPSA) is 62.6 Å². The molecule has 1 aliphatic heterocycles. The van der Waals surface area contributed by atoms with Gasteiger partial charge in [0, 0.05) is 6.61 Å². The van der Waals surface area contributed by atoms with Crippen LogP contribution in [0.3, 0.4) is 0 Å².